The predicted molar refractivity (Wildman–Crippen MR) is 113 cm³/mol. The van der Waals surface area contributed by atoms with Crippen molar-refractivity contribution in [2.24, 2.45) is 0 Å². The quantitative estimate of drug-likeness (QED) is 0.690. The van der Waals surface area contributed by atoms with Gasteiger partial charge in [0.25, 0.3) is 0 Å². The molecule has 0 bridgehead atoms. The molecule has 1 aliphatic heterocycles. The van der Waals surface area contributed by atoms with Crippen LogP contribution in [0.4, 0.5) is 5.69 Å². The van der Waals surface area contributed by atoms with Gasteiger partial charge in [-0.15, -0.1) is 0 Å². The monoisotopic (exact) mass is 401 g/mol. The lowest BCUT2D eigenvalue weighted by Crippen LogP contribution is -2.49. The number of rotatable bonds is 9. The number of amides is 1. The molecule has 2 heterocycles. The molecule has 1 saturated heterocycles. The molecule has 8 nitrogen and oxygen atoms in total. The number of ether oxygens (including phenoxy) is 2. The molecule has 0 saturated carbocycles. The molecule has 1 aromatic heterocycles. The van der Waals surface area contributed by atoms with Gasteiger partial charge in [0.05, 0.1) is 26.5 Å². The van der Waals surface area contributed by atoms with E-state index in [1.54, 1.807) is 32.4 Å². The van der Waals surface area contributed by atoms with E-state index >= 15 is 0 Å². The van der Waals surface area contributed by atoms with E-state index in [0.29, 0.717) is 23.7 Å². The van der Waals surface area contributed by atoms with Gasteiger partial charge in [0.15, 0.2) is 0 Å². The number of carbonyl (C=O) groups is 1. The Morgan fingerprint density at radius 1 is 1.10 bits per heavy atom. The summed E-state index contributed by atoms with van der Waals surface area (Å²) in [6.07, 6.45) is 4.87. The van der Waals surface area contributed by atoms with E-state index in [-0.39, 0.29) is 5.91 Å². The molecule has 0 atom stereocenters. The van der Waals surface area contributed by atoms with Crippen LogP contribution < -0.4 is 14.8 Å². The fourth-order valence-corrected chi connectivity index (χ4v) is 3.58. The number of nitrogens with one attached hydrogen (secondary N) is 1. The van der Waals surface area contributed by atoms with Crippen molar-refractivity contribution in [3.05, 3.63) is 36.4 Å². The zero-order valence-corrected chi connectivity index (χ0v) is 17.6. The van der Waals surface area contributed by atoms with E-state index in [1.807, 2.05) is 12.4 Å². The maximum Gasteiger partial charge on any atom is 0.238 e. The van der Waals surface area contributed by atoms with Gasteiger partial charge >= 0.3 is 0 Å². The topological polar surface area (TPSA) is 71.9 Å². The number of carbonyl (C=O) groups excluding carboxylic acids is 1. The van der Waals surface area contributed by atoms with Gasteiger partial charge in [-0.2, -0.15) is 0 Å². The molecule has 1 aliphatic rings. The van der Waals surface area contributed by atoms with Crippen LogP contribution in [-0.4, -0.2) is 78.7 Å². The van der Waals surface area contributed by atoms with Crippen molar-refractivity contribution >= 4 is 11.6 Å². The molecule has 2 aromatic rings. The number of methoxy groups -OCH3 is 2. The van der Waals surface area contributed by atoms with Gasteiger partial charge in [0.1, 0.15) is 17.3 Å². The highest BCUT2D eigenvalue weighted by molar-refractivity contribution is 5.94. The van der Waals surface area contributed by atoms with Crippen molar-refractivity contribution in [1.29, 1.82) is 0 Å². The predicted octanol–water partition coefficient (Wildman–Crippen LogP) is 1.72. The van der Waals surface area contributed by atoms with Gasteiger partial charge in [0, 0.05) is 64.1 Å². The second kappa shape index (κ2) is 10.3. The number of aryl methyl sites for hydroxylation is 1. The Labute approximate surface area is 172 Å². The van der Waals surface area contributed by atoms with Crippen molar-refractivity contribution in [2.45, 2.75) is 19.9 Å². The van der Waals surface area contributed by atoms with Crippen LogP contribution in [0.15, 0.2) is 30.6 Å². The van der Waals surface area contributed by atoms with Gasteiger partial charge < -0.3 is 19.4 Å². The SMILES string of the molecule is CCc1nccn1CCN1CCN(CC(=O)Nc2cc(OC)ccc2OC)CC1. The van der Waals surface area contributed by atoms with Crippen molar-refractivity contribution in [3.8, 4) is 11.5 Å². The maximum absolute atomic E-state index is 12.5. The molecule has 0 unspecified atom stereocenters. The third-order valence-electron chi connectivity index (χ3n) is 5.29. The summed E-state index contributed by atoms with van der Waals surface area (Å²) in [6, 6.07) is 5.37. The summed E-state index contributed by atoms with van der Waals surface area (Å²) in [4.78, 5) is 21.5. The van der Waals surface area contributed by atoms with Crippen LogP contribution >= 0.6 is 0 Å². The molecular weight excluding hydrogens is 370 g/mol. The van der Waals surface area contributed by atoms with Gasteiger partial charge in [-0.1, -0.05) is 6.92 Å². The third kappa shape index (κ3) is 5.71. The lowest BCUT2D eigenvalue weighted by atomic mass is 10.2. The van der Waals surface area contributed by atoms with Crippen molar-refractivity contribution in [2.75, 3.05) is 58.8 Å². The average molecular weight is 402 g/mol. The number of anilines is 1. The van der Waals surface area contributed by atoms with E-state index in [9.17, 15) is 4.79 Å². The highest BCUT2D eigenvalue weighted by Gasteiger charge is 2.19. The molecule has 0 radical (unpaired) electrons. The summed E-state index contributed by atoms with van der Waals surface area (Å²) < 4.78 is 12.8. The molecule has 1 aromatic carbocycles. The number of nitrogens with zero attached hydrogens (tertiary/aromatic N) is 4. The summed E-state index contributed by atoms with van der Waals surface area (Å²) in [7, 11) is 3.19. The van der Waals surface area contributed by atoms with Crippen LogP contribution in [0.5, 0.6) is 11.5 Å². The standard InChI is InChI=1S/C21H31N5O3/c1-4-20-22-7-8-26(20)14-13-24-9-11-25(12-10-24)16-21(27)23-18-15-17(28-2)5-6-19(18)29-3/h5-8,15H,4,9-14,16H2,1-3H3,(H,23,27). The molecule has 1 fully saturated rings. The Kier molecular flexibility index (Phi) is 7.48. The minimum atomic E-state index is -0.0454. The molecule has 0 spiro atoms. The molecule has 0 aliphatic carbocycles. The van der Waals surface area contributed by atoms with Crippen LogP contribution in [0.1, 0.15) is 12.7 Å². The highest BCUT2D eigenvalue weighted by Crippen LogP contribution is 2.28. The first kappa shape index (κ1) is 21.1. The molecule has 1 amide bonds. The fraction of sp³-hybridized carbons (Fsp3) is 0.524. The van der Waals surface area contributed by atoms with Gasteiger partial charge in [-0.3, -0.25) is 14.6 Å². The van der Waals surface area contributed by atoms with E-state index in [4.69, 9.17) is 9.47 Å². The largest absolute Gasteiger partial charge is 0.497 e. The molecule has 8 heteroatoms. The molecule has 1 N–H and O–H groups in total. The van der Waals surface area contributed by atoms with Crippen LogP contribution in [0.3, 0.4) is 0 Å². The van der Waals surface area contributed by atoms with Gasteiger partial charge in [-0.25, -0.2) is 4.98 Å². The van der Waals surface area contributed by atoms with E-state index in [0.717, 1.165) is 51.5 Å². The third-order valence-corrected chi connectivity index (χ3v) is 5.29. The van der Waals surface area contributed by atoms with Crippen molar-refractivity contribution in [3.63, 3.8) is 0 Å². The van der Waals surface area contributed by atoms with E-state index in [2.05, 4.69) is 31.6 Å². The average Bonchev–Trinajstić information content (AvgIpc) is 3.20. The van der Waals surface area contributed by atoms with Crippen LogP contribution in [0.25, 0.3) is 0 Å². The summed E-state index contributed by atoms with van der Waals surface area (Å²) in [5, 5.41) is 2.94. The fourth-order valence-electron chi connectivity index (χ4n) is 3.58. The summed E-state index contributed by atoms with van der Waals surface area (Å²) in [5.74, 6) is 2.39. The summed E-state index contributed by atoms with van der Waals surface area (Å²) in [6.45, 7) is 8.15. The van der Waals surface area contributed by atoms with E-state index in [1.165, 1.54) is 0 Å². The maximum atomic E-state index is 12.5. The summed E-state index contributed by atoms with van der Waals surface area (Å²) >= 11 is 0. The minimum absolute atomic E-state index is 0.0454. The molecular formula is C21H31N5O3. The Balaban J connectivity index is 1.44. The summed E-state index contributed by atoms with van der Waals surface area (Å²) in [5.41, 5.74) is 0.627. The van der Waals surface area contributed by atoms with Crippen LogP contribution in [0.2, 0.25) is 0 Å². The zero-order valence-electron chi connectivity index (χ0n) is 17.6. The smallest absolute Gasteiger partial charge is 0.238 e. The van der Waals surface area contributed by atoms with Crippen molar-refractivity contribution < 1.29 is 14.3 Å². The number of benzene rings is 1. The Morgan fingerprint density at radius 2 is 1.86 bits per heavy atom. The second-order valence-electron chi connectivity index (χ2n) is 7.12. The number of hydrogen-bond donors (Lipinski definition) is 1. The second-order valence-corrected chi connectivity index (χ2v) is 7.12. The van der Waals surface area contributed by atoms with Crippen LogP contribution in [-0.2, 0) is 17.8 Å². The zero-order chi connectivity index (χ0) is 20.6. The normalized spacial score (nSPS) is 15.3. The number of piperazine rings is 1. The van der Waals surface area contributed by atoms with Gasteiger partial charge in [0.2, 0.25) is 5.91 Å². The molecule has 158 valence electrons. The van der Waals surface area contributed by atoms with Gasteiger partial charge in [-0.05, 0) is 12.1 Å². The first-order chi connectivity index (χ1) is 14.1. The number of imidazole rings is 1. The van der Waals surface area contributed by atoms with Crippen molar-refractivity contribution in [1.82, 2.24) is 19.4 Å². The lowest BCUT2D eigenvalue weighted by Gasteiger charge is -2.34. The molecule has 29 heavy (non-hydrogen) atoms. The lowest BCUT2D eigenvalue weighted by molar-refractivity contribution is -0.117. The Bertz CT molecular complexity index is 799. The Hall–Kier alpha value is -2.58. The number of hydrogen-bond acceptors (Lipinski definition) is 6. The minimum Gasteiger partial charge on any atom is -0.497 e. The number of aromatic nitrogens is 2. The highest BCUT2D eigenvalue weighted by atomic mass is 16.5. The first-order valence-corrected chi connectivity index (χ1v) is 10.1. The Morgan fingerprint density at radius 3 is 2.55 bits per heavy atom. The molecule has 3 rings (SSSR count). The first-order valence-electron chi connectivity index (χ1n) is 10.1. The van der Waals surface area contributed by atoms with Crippen LogP contribution in [0, 0.1) is 0 Å². The van der Waals surface area contributed by atoms with E-state index < -0.39 is 0 Å².